The van der Waals surface area contributed by atoms with Crippen LogP contribution >= 0.6 is 35.5 Å². The van der Waals surface area contributed by atoms with Crippen molar-refractivity contribution >= 4 is 163 Å². The second kappa shape index (κ2) is 36.5. The molecule has 1 saturated heterocycles. The third kappa shape index (κ3) is 15.4. The lowest BCUT2D eigenvalue weighted by Gasteiger charge is -2.32. The van der Waals surface area contributed by atoms with Gasteiger partial charge in [0.15, 0.2) is 0 Å². The third-order valence-electron chi connectivity index (χ3n) is 30.5. The molecule has 16 heteroatoms. The van der Waals surface area contributed by atoms with Crippen LogP contribution in [0.2, 0.25) is 5.02 Å². The van der Waals surface area contributed by atoms with Crippen LogP contribution in [-0.2, 0) is 37.4 Å². The van der Waals surface area contributed by atoms with Crippen molar-refractivity contribution < 1.29 is 37.9 Å². The Hall–Kier alpha value is -14.5. The van der Waals surface area contributed by atoms with Gasteiger partial charge in [0.2, 0.25) is 0 Å². The summed E-state index contributed by atoms with van der Waals surface area (Å²) in [5.41, 5.74) is 35.9. The van der Waals surface area contributed by atoms with Gasteiger partial charge in [0, 0.05) is 108 Å². The van der Waals surface area contributed by atoms with E-state index in [0.717, 1.165) is 132 Å². The molecule has 0 bridgehead atoms. The molecule has 0 unspecified atom stereocenters. The van der Waals surface area contributed by atoms with Crippen molar-refractivity contribution in [2.24, 2.45) is 10.4 Å². The Kier molecular flexibility index (Phi) is 24.1. The fourth-order valence-electron chi connectivity index (χ4n) is 22.7. The van der Waals surface area contributed by atoms with Gasteiger partial charge in [-0.15, -0.1) is 9.81 Å². The minimum Gasteiger partial charge on any atom is -0.455 e. The van der Waals surface area contributed by atoms with Gasteiger partial charge in [-0.25, -0.2) is 0 Å². The predicted octanol–water partition coefficient (Wildman–Crippen LogP) is 32.8. The van der Waals surface area contributed by atoms with E-state index in [-0.39, 0.29) is 43.8 Å². The van der Waals surface area contributed by atoms with Crippen molar-refractivity contribution in [3.63, 3.8) is 0 Å². The highest BCUT2D eigenvalue weighted by atomic mass is 79.9. The molecule has 1 fully saturated rings. The first-order valence-corrected chi connectivity index (χ1v) is 50.7. The Labute approximate surface area is 845 Å². The topological polar surface area (TPSA) is 193 Å². The van der Waals surface area contributed by atoms with Crippen LogP contribution in [0.15, 0.2) is 409 Å². The SMILES string of the molecule is CC1(C)c2ccc3c(c2-c2c1ccc1c2oc2ccccc21)-c1ccccc1C3.CC1(C)c2cccc(-c3ccccc3N=O)c2-c2c1ccc1c2oc2ccccc21.CC1(C)c2cccc(B3OC(C)(C)C(C)(C)O3)c2-c2c1ccc1c2oc2ccccc21.CC1(C)c2cccc(Cl)c2-c2c1ccc1c2oc2ccccc21.O.O.O=Nc1ccccc1Br.c1ccc(P(c2ccccc2)c2ccccc2)cc1. The smallest absolute Gasteiger partial charge is 0.455 e. The monoisotopic (exact) mass is 1970 g/mol. The molecule has 0 spiro atoms. The molecule has 22 aromatic rings. The van der Waals surface area contributed by atoms with E-state index in [2.05, 4.69) is 382 Å². The van der Waals surface area contributed by atoms with Crippen LogP contribution < -0.4 is 21.4 Å². The zero-order valence-corrected chi connectivity index (χ0v) is 84.7. The number of fused-ring (bicyclic) bond motifs is 32. The van der Waals surface area contributed by atoms with Gasteiger partial charge in [0.25, 0.3) is 0 Å². The number of nitroso groups, excluding NO2 is 2. The van der Waals surface area contributed by atoms with Gasteiger partial charge in [-0.2, -0.15) is 0 Å². The van der Waals surface area contributed by atoms with Crippen LogP contribution in [0, 0.1) is 9.81 Å². The molecular weight excluding hydrogens is 1870 g/mol. The Morgan fingerprint density at radius 2 is 0.594 bits per heavy atom. The standard InChI is InChI=1S/C28H20O.C27H27BO3.C27H19NO2.C21H15ClO.C18H15P.C6H4BrNO.2H2O/c1-28(2)21-13-11-17-15-16-7-3-4-8-18(16)24(17)25(21)26-22(28)14-12-20-19-9-5-6-10-23(19)29-27(20)26;1-25(2)18-11-9-12-20(28-30-26(3,4)27(5,6)31-28)22(18)23-19(25)15-14-17-16-10-7-8-13-21(16)29-24(17)23;1-27(2)20-11-7-10-18(16-8-3-5-12-22(16)28-29)24(20)25-21(27)15-14-19-17-9-4-6-13-23(17)30-26(19)25;1-21(2)14-7-5-8-16(22)18(14)19-15(21)11-10-13-12-6-3-4-9-17(12)23-20(13)19;1-4-10-16(11-5-1)19(17-12-6-2-7-13-17)18-14-8-3-9-15-18;7-5-3-1-2-4-6(5)8-9;;/h3-14H,15H2,1-2H3;7-15H,1-6H3;3-15H,1-2H3;3-11H,1-2H3;1-15H;1-4H;2*1H2. The van der Waals surface area contributed by atoms with Gasteiger partial charge >= 0.3 is 7.12 Å². The summed E-state index contributed by atoms with van der Waals surface area (Å²) in [4.78, 5) is 21.5. The average molecular weight is 1980 g/mol. The summed E-state index contributed by atoms with van der Waals surface area (Å²) in [5.74, 6) is 0. The molecule has 1 aliphatic heterocycles. The van der Waals surface area contributed by atoms with Gasteiger partial charge in [-0.05, 0) is 227 Å². The van der Waals surface area contributed by atoms with Crippen LogP contribution in [0.1, 0.15) is 139 Å². The summed E-state index contributed by atoms with van der Waals surface area (Å²) in [7, 11) is -0.861. The minimum absolute atomic E-state index is 0. The Morgan fingerprint density at radius 3 is 1.03 bits per heavy atom. The Bertz CT molecular complexity index is 8730. The first kappa shape index (κ1) is 94.7. The average Bonchev–Trinajstić information content (AvgIpc) is 1.54. The molecule has 6 aliphatic rings. The van der Waals surface area contributed by atoms with Crippen molar-refractivity contribution in [1.82, 2.24) is 0 Å². The molecule has 5 aliphatic carbocycles. The zero-order valence-electron chi connectivity index (χ0n) is 81.4. The lowest BCUT2D eigenvalue weighted by Crippen LogP contribution is -2.41. The normalized spacial score (nSPS) is 14.9. The fourth-order valence-corrected chi connectivity index (χ4v) is 25.6. The first-order valence-electron chi connectivity index (χ1n) is 48.2. The molecular formula is C127H104BBrClN2O10P. The molecule has 18 aromatic carbocycles. The van der Waals surface area contributed by atoms with Crippen LogP contribution in [-0.4, -0.2) is 29.3 Å². The summed E-state index contributed by atoms with van der Waals surface area (Å²) in [5, 5.41) is 20.3. The highest BCUT2D eigenvalue weighted by Gasteiger charge is 2.54. The van der Waals surface area contributed by atoms with Crippen LogP contribution in [0.3, 0.4) is 0 Å². The number of para-hydroxylation sites is 4. The van der Waals surface area contributed by atoms with Crippen molar-refractivity contribution in [3.05, 3.63) is 451 Å². The molecule has 0 atom stereocenters. The minimum atomic E-state index is -0.446. The van der Waals surface area contributed by atoms with E-state index in [9.17, 15) is 9.81 Å². The van der Waals surface area contributed by atoms with Gasteiger partial charge in [-0.3, -0.25) is 0 Å². The van der Waals surface area contributed by atoms with Gasteiger partial charge < -0.3 is 37.9 Å². The molecule has 5 heterocycles. The fraction of sp³-hybridized carbons (Fsp3) is 0.150. The maximum Gasteiger partial charge on any atom is 0.495 e. The summed E-state index contributed by atoms with van der Waals surface area (Å²) >= 11 is 9.74. The van der Waals surface area contributed by atoms with Crippen LogP contribution in [0.5, 0.6) is 0 Å². The Balaban J connectivity index is 0.000000104. The number of furan rings is 4. The number of nitrogens with zero attached hydrogens (tertiary/aromatic N) is 2. The second-order valence-corrected chi connectivity index (χ2v) is 43.9. The van der Waals surface area contributed by atoms with E-state index in [1.54, 1.807) is 24.3 Å². The lowest BCUT2D eigenvalue weighted by molar-refractivity contribution is 0.00578. The first-order chi connectivity index (χ1) is 68.2. The summed E-state index contributed by atoms with van der Waals surface area (Å²) in [6.07, 6.45) is 1.02. The second-order valence-electron chi connectivity index (χ2n) is 40.5. The summed E-state index contributed by atoms with van der Waals surface area (Å²) < 4.78 is 39.3. The van der Waals surface area contributed by atoms with Crippen LogP contribution in [0.4, 0.5) is 11.4 Å². The largest absolute Gasteiger partial charge is 0.495 e. The number of hydrogen-bond acceptors (Lipinski definition) is 10. The Morgan fingerprint density at radius 1 is 0.273 bits per heavy atom. The molecule has 4 N–H and O–H groups in total. The van der Waals surface area contributed by atoms with E-state index in [1.807, 2.05) is 78.9 Å². The molecule has 0 saturated carbocycles. The molecule has 143 heavy (non-hydrogen) atoms. The number of rotatable bonds is 7. The lowest BCUT2D eigenvalue weighted by atomic mass is 9.73. The molecule has 0 radical (unpaired) electrons. The van der Waals surface area contributed by atoms with Crippen molar-refractivity contribution in [2.75, 3.05) is 0 Å². The number of hydrogen-bond donors (Lipinski definition) is 0. The van der Waals surface area contributed by atoms with Crippen molar-refractivity contribution in [2.45, 2.75) is 122 Å². The maximum absolute atomic E-state index is 11.5. The van der Waals surface area contributed by atoms with E-state index in [1.165, 1.54) is 116 Å². The molecule has 12 nitrogen and oxygen atoms in total. The van der Waals surface area contributed by atoms with Crippen molar-refractivity contribution in [1.29, 1.82) is 0 Å². The van der Waals surface area contributed by atoms with Crippen molar-refractivity contribution in [3.8, 4) is 66.8 Å². The van der Waals surface area contributed by atoms with E-state index < -0.39 is 15.0 Å². The van der Waals surface area contributed by atoms with Gasteiger partial charge in [0.1, 0.15) is 56.0 Å². The highest BCUT2D eigenvalue weighted by Crippen LogP contribution is 2.62. The highest BCUT2D eigenvalue weighted by molar-refractivity contribution is 9.10. The molecule has 0 amide bonds. The molecule has 28 rings (SSSR count). The summed E-state index contributed by atoms with van der Waals surface area (Å²) in [6, 6.07) is 130. The quantitative estimate of drug-likeness (QED) is 0.0854. The van der Waals surface area contributed by atoms with Crippen LogP contribution in [0.25, 0.3) is 155 Å². The molecule has 704 valence electrons. The number of benzene rings is 18. The summed E-state index contributed by atoms with van der Waals surface area (Å²) in [6.45, 7) is 26.7. The predicted molar refractivity (Wildman–Crippen MR) is 597 cm³/mol. The van der Waals surface area contributed by atoms with Gasteiger partial charge in [0.05, 0.1) is 11.2 Å². The molecule has 4 aromatic heterocycles. The van der Waals surface area contributed by atoms with E-state index >= 15 is 0 Å². The maximum atomic E-state index is 11.5. The zero-order chi connectivity index (χ0) is 96.9. The third-order valence-corrected chi connectivity index (χ3v) is 33.9. The number of halogens is 2. The van der Waals surface area contributed by atoms with E-state index in [4.69, 9.17) is 38.6 Å². The van der Waals surface area contributed by atoms with E-state index in [0.29, 0.717) is 11.4 Å². The van der Waals surface area contributed by atoms with Gasteiger partial charge in [-0.1, -0.05) is 395 Å².